The van der Waals surface area contributed by atoms with E-state index in [1.54, 1.807) is 45.0 Å². The molecule has 0 saturated carbocycles. The van der Waals surface area contributed by atoms with Crippen LogP contribution in [0.5, 0.6) is 0 Å². The van der Waals surface area contributed by atoms with Crippen molar-refractivity contribution < 1.29 is 17.4 Å². The van der Waals surface area contributed by atoms with Crippen molar-refractivity contribution in [3.05, 3.63) is 35.9 Å². The van der Waals surface area contributed by atoms with Gasteiger partial charge in [-0.05, 0) is 39.2 Å². The van der Waals surface area contributed by atoms with E-state index < -0.39 is 28.0 Å². The summed E-state index contributed by atoms with van der Waals surface area (Å²) in [5.74, 6) is 0. The summed E-state index contributed by atoms with van der Waals surface area (Å²) in [4.78, 5) is 2.27. The predicted octanol–water partition coefficient (Wildman–Crippen LogP) is 3.11. The summed E-state index contributed by atoms with van der Waals surface area (Å²) in [5.41, 5.74) is 3.00. The van der Waals surface area contributed by atoms with E-state index >= 15 is 0 Å². The summed E-state index contributed by atoms with van der Waals surface area (Å²) in [5, 5.41) is 0. The van der Waals surface area contributed by atoms with Crippen LogP contribution in [0, 0.1) is 0 Å². The molecule has 21 heavy (non-hydrogen) atoms. The first-order valence-corrected chi connectivity index (χ1v) is 7.79. The number of benzene rings is 1. The Morgan fingerprint density at radius 3 is 2.19 bits per heavy atom. The average Bonchev–Trinajstić information content (AvgIpc) is 2.36. The quantitative estimate of drug-likeness (QED) is 0.790. The van der Waals surface area contributed by atoms with E-state index in [4.69, 9.17) is 0 Å². The Bertz CT molecular complexity index is 458. The topological polar surface area (TPSA) is 41.1 Å². The molecular formula is C14H21F3N2OS. The number of aryl methyl sites for hydroxylation is 1. The summed E-state index contributed by atoms with van der Waals surface area (Å²) in [6, 6.07) is 7.22. The van der Waals surface area contributed by atoms with Crippen molar-refractivity contribution in [1.82, 2.24) is 10.3 Å². The molecule has 0 aliphatic rings. The summed E-state index contributed by atoms with van der Waals surface area (Å²) < 4.78 is 50.0. The van der Waals surface area contributed by atoms with Crippen LogP contribution in [-0.2, 0) is 17.4 Å². The smallest absolute Gasteiger partial charge is 0.241 e. The van der Waals surface area contributed by atoms with Crippen molar-refractivity contribution >= 4 is 11.0 Å². The minimum absolute atomic E-state index is 0.123. The van der Waals surface area contributed by atoms with Gasteiger partial charge in [-0.1, -0.05) is 30.3 Å². The van der Waals surface area contributed by atoms with E-state index in [0.717, 1.165) is 5.56 Å². The molecule has 0 amide bonds. The second kappa shape index (κ2) is 7.38. The van der Waals surface area contributed by atoms with Crippen LogP contribution in [0.15, 0.2) is 30.3 Å². The Balaban J connectivity index is 2.59. The van der Waals surface area contributed by atoms with Crippen LogP contribution in [0.1, 0.15) is 32.8 Å². The van der Waals surface area contributed by atoms with Gasteiger partial charge in [-0.15, -0.1) is 0 Å². The Labute approximate surface area is 125 Å². The van der Waals surface area contributed by atoms with Crippen LogP contribution in [0.4, 0.5) is 13.2 Å². The number of hydrogen-bond donors (Lipinski definition) is 2. The predicted molar refractivity (Wildman–Crippen MR) is 78.8 cm³/mol. The third-order valence-corrected chi connectivity index (χ3v) is 4.26. The van der Waals surface area contributed by atoms with E-state index in [1.165, 1.54) is 0 Å². The summed E-state index contributed by atoms with van der Waals surface area (Å²) in [6.45, 7) is 5.05. The zero-order valence-electron chi connectivity index (χ0n) is 12.3. The molecule has 0 aliphatic carbocycles. The van der Waals surface area contributed by atoms with Gasteiger partial charge >= 0.3 is 6.18 Å². The number of nitrogens with one attached hydrogen (secondary N) is 2. The van der Waals surface area contributed by atoms with Gasteiger partial charge < -0.3 is 0 Å². The lowest BCUT2D eigenvalue weighted by atomic mass is 10.1. The molecule has 0 spiro atoms. The lowest BCUT2D eigenvalue weighted by Crippen LogP contribution is -2.52. The van der Waals surface area contributed by atoms with E-state index in [9.17, 15) is 17.4 Å². The van der Waals surface area contributed by atoms with E-state index in [0.29, 0.717) is 6.42 Å². The van der Waals surface area contributed by atoms with E-state index in [-0.39, 0.29) is 6.42 Å². The molecule has 1 unspecified atom stereocenters. The van der Waals surface area contributed by atoms with Gasteiger partial charge in [0.1, 0.15) is 17.0 Å². The van der Waals surface area contributed by atoms with Crippen molar-refractivity contribution in [3.8, 4) is 0 Å². The van der Waals surface area contributed by atoms with E-state index in [2.05, 4.69) is 10.3 Å². The molecule has 0 aliphatic heterocycles. The molecule has 120 valence electrons. The maximum atomic E-state index is 13.0. The standard InChI is InChI=1S/C14H21F3N2OS/c1-13(2,3)21(20)19-18-12(14(15,16)17)10-9-11-7-5-4-6-8-11/h4-8,12,18-19H,9-10H2,1-3H3/t12-,21?/m1/s1. The van der Waals surface area contributed by atoms with Crippen LogP contribution in [0.25, 0.3) is 0 Å². The minimum atomic E-state index is -4.40. The van der Waals surface area contributed by atoms with E-state index in [1.807, 2.05) is 6.07 Å². The highest BCUT2D eigenvalue weighted by molar-refractivity contribution is 7.84. The fourth-order valence-corrected chi connectivity index (χ4v) is 2.11. The van der Waals surface area contributed by atoms with Gasteiger partial charge in [-0.3, -0.25) is 0 Å². The molecule has 0 fully saturated rings. The second-order valence-corrected chi connectivity index (χ2v) is 7.71. The fraction of sp³-hybridized carbons (Fsp3) is 0.571. The number of alkyl halides is 3. The molecule has 0 radical (unpaired) electrons. The van der Waals surface area contributed by atoms with Gasteiger partial charge in [0.25, 0.3) is 0 Å². The van der Waals surface area contributed by atoms with Crippen LogP contribution >= 0.6 is 0 Å². The Kier molecular flexibility index (Phi) is 6.37. The van der Waals surface area contributed by atoms with Gasteiger partial charge in [-0.25, -0.2) is 9.63 Å². The fourth-order valence-electron chi connectivity index (χ4n) is 1.55. The Hall–Kier alpha value is -0.920. The van der Waals surface area contributed by atoms with Crippen molar-refractivity contribution in [1.29, 1.82) is 0 Å². The number of hydrogen-bond acceptors (Lipinski definition) is 2. The molecular weight excluding hydrogens is 301 g/mol. The SMILES string of the molecule is CC(C)(C)S(=O)NN[C@H](CCc1ccccc1)C(F)(F)F. The highest BCUT2D eigenvalue weighted by Crippen LogP contribution is 2.23. The molecule has 1 aromatic rings. The van der Waals surface area contributed by atoms with Crippen LogP contribution in [0.2, 0.25) is 0 Å². The van der Waals surface area contributed by atoms with Crippen molar-refractivity contribution in [3.63, 3.8) is 0 Å². The Morgan fingerprint density at radius 1 is 1.14 bits per heavy atom. The molecule has 0 bridgehead atoms. The van der Waals surface area contributed by atoms with Crippen molar-refractivity contribution in [2.75, 3.05) is 0 Å². The van der Waals surface area contributed by atoms with Gasteiger partial charge in [-0.2, -0.15) is 18.0 Å². The third-order valence-electron chi connectivity index (χ3n) is 2.84. The molecule has 2 atom stereocenters. The molecule has 0 saturated heterocycles. The van der Waals surface area contributed by atoms with Crippen LogP contribution in [0.3, 0.4) is 0 Å². The largest absolute Gasteiger partial charge is 0.405 e. The zero-order chi connectivity index (χ0) is 16.1. The first-order chi connectivity index (χ1) is 9.60. The van der Waals surface area contributed by atoms with Gasteiger partial charge in [0.05, 0.1) is 4.75 Å². The first kappa shape index (κ1) is 18.1. The summed E-state index contributed by atoms with van der Waals surface area (Å²) in [6.07, 6.45) is -4.23. The summed E-state index contributed by atoms with van der Waals surface area (Å²) >= 11 is 0. The highest BCUT2D eigenvalue weighted by Gasteiger charge is 2.39. The first-order valence-electron chi connectivity index (χ1n) is 6.64. The second-order valence-electron chi connectivity index (χ2n) is 5.75. The van der Waals surface area contributed by atoms with Gasteiger partial charge in [0, 0.05) is 0 Å². The summed E-state index contributed by atoms with van der Waals surface area (Å²) in [7, 11) is -1.60. The zero-order valence-corrected chi connectivity index (χ0v) is 13.1. The molecule has 2 N–H and O–H groups in total. The van der Waals surface area contributed by atoms with Crippen LogP contribution in [-0.4, -0.2) is 21.2 Å². The van der Waals surface area contributed by atoms with Crippen molar-refractivity contribution in [2.24, 2.45) is 0 Å². The molecule has 7 heteroatoms. The lowest BCUT2D eigenvalue weighted by Gasteiger charge is -2.25. The molecule has 1 aromatic carbocycles. The van der Waals surface area contributed by atoms with Gasteiger partial charge in [0.2, 0.25) is 0 Å². The molecule has 0 aromatic heterocycles. The van der Waals surface area contributed by atoms with Gasteiger partial charge in [0.15, 0.2) is 0 Å². The molecule has 1 rings (SSSR count). The molecule has 0 heterocycles. The average molecular weight is 322 g/mol. The highest BCUT2D eigenvalue weighted by atomic mass is 32.2. The lowest BCUT2D eigenvalue weighted by molar-refractivity contribution is -0.158. The number of hydrazine groups is 1. The maximum Gasteiger partial charge on any atom is 0.405 e. The maximum absolute atomic E-state index is 13.0. The molecule has 3 nitrogen and oxygen atoms in total. The number of rotatable bonds is 6. The minimum Gasteiger partial charge on any atom is -0.241 e. The normalized spacial score (nSPS) is 15.7. The van der Waals surface area contributed by atoms with Crippen molar-refractivity contribution in [2.45, 2.75) is 50.6 Å². The monoisotopic (exact) mass is 322 g/mol. The van der Waals surface area contributed by atoms with Crippen LogP contribution < -0.4 is 10.3 Å². The number of halogens is 3. The third kappa shape index (κ3) is 6.58. The Morgan fingerprint density at radius 2 is 1.71 bits per heavy atom.